The minimum absolute atomic E-state index is 0.0286. The van der Waals surface area contributed by atoms with Crippen LogP contribution in [0.25, 0.3) is 0 Å². The molecule has 3 aromatic carbocycles. The van der Waals surface area contributed by atoms with Gasteiger partial charge < -0.3 is 5.32 Å². The molecule has 1 N–H and O–H groups in total. The normalized spacial score (nSPS) is 11.2. The number of rotatable bonds is 8. The first-order valence-corrected chi connectivity index (χ1v) is 12.2. The van der Waals surface area contributed by atoms with Gasteiger partial charge in [0.1, 0.15) is 0 Å². The van der Waals surface area contributed by atoms with Crippen LogP contribution in [0.4, 0.5) is 5.69 Å². The lowest BCUT2D eigenvalue weighted by molar-refractivity contribution is 0.0954. The molecule has 0 aliphatic rings. The molecule has 162 valence electrons. The summed E-state index contributed by atoms with van der Waals surface area (Å²) >= 11 is 12.3. The molecule has 0 atom stereocenters. The number of amides is 1. The van der Waals surface area contributed by atoms with Gasteiger partial charge in [-0.1, -0.05) is 65.7 Å². The quantitative estimate of drug-likeness (QED) is 0.500. The van der Waals surface area contributed by atoms with Gasteiger partial charge in [-0.15, -0.1) is 0 Å². The molecular formula is C23H22Cl2N2O3S. The van der Waals surface area contributed by atoms with Crippen molar-refractivity contribution in [2.75, 3.05) is 17.1 Å². The molecule has 0 aromatic heterocycles. The number of halogens is 2. The highest BCUT2D eigenvalue weighted by Crippen LogP contribution is 2.29. The molecule has 0 bridgehead atoms. The largest absolute Gasteiger partial charge is 0.352 e. The Morgan fingerprint density at radius 1 is 0.935 bits per heavy atom. The van der Waals surface area contributed by atoms with E-state index in [0.29, 0.717) is 33.4 Å². The van der Waals surface area contributed by atoms with E-state index in [4.69, 9.17) is 23.2 Å². The molecule has 8 heteroatoms. The molecule has 0 unspecified atom stereocenters. The fourth-order valence-corrected chi connectivity index (χ4v) is 4.33. The summed E-state index contributed by atoms with van der Waals surface area (Å²) < 4.78 is 26.0. The monoisotopic (exact) mass is 476 g/mol. The van der Waals surface area contributed by atoms with E-state index in [9.17, 15) is 13.2 Å². The van der Waals surface area contributed by atoms with Gasteiger partial charge in [0.25, 0.3) is 5.91 Å². The Balaban J connectivity index is 1.71. The van der Waals surface area contributed by atoms with Gasteiger partial charge >= 0.3 is 0 Å². The number of nitrogens with zero attached hydrogens (tertiary/aromatic N) is 1. The van der Waals surface area contributed by atoms with Gasteiger partial charge in [0.15, 0.2) is 0 Å². The maximum absolute atomic E-state index is 12.4. The van der Waals surface area contributed by atoms with Crippen molar-refractivity contribution in [3.05, 3.63) is 99.5 Å². The number of hydrogen-bond donors (Lipinski definition) is 1. The third kappa shape index (κ3) is 6.23. The second-order valence-corrected chi connectivity index (χ2v) is 9.71. The topological polar surface area (TPSA) is 66.5 Å². The summed E-state index contributed by atoms with van der Waals surface area (Å²) in [6, 6.07) is 21.4. The average molecular weight is 477 g/mol. The summed E-state index contributed by atoms with van der Waals surface area (Å²) in [5.41, 5.74) is 2.61. The Morgan fingerprint density at radius 3 is 2.26 bits per heavy atom. The van der Waals surface area contributed by atoms with Crippen LogP contribution in [-0.2, 0) is 23.0 Å². The molecule has 0 radical (unpaired) electrons. The number of hydrogen-bond acceptors (Lipinski definition) is 3. The molecular weight excluding hydrogens is 455 g/mol. The summed E-state index contributed by atoms with van der Waals surface area (Å²) in [6.07, 6.45) is 1.85. The number of carbonyl (C=O) groups is 1. The number of nitrogens with one attached hydrogen (secondary N) is 1. The first-order chi connectivity index (χ1) is 14.8. The average Bonchev–Trinajstić information content (AvgIpc) is 2.75. The molecule has 31 heavy (non-hydrogen) atoms. The predicted octanol–water partition coefficient (Wildman–Crippen LogP) is 4.93. The summed E-state index contributed by atoms with van der Waals surface area (Å²) in [6.45, 7) is 0.536. The molecule has 0 spiro atoms. The number of carbonyl (C=O) groups excluding carboxylic acids is 1. The number of benzene rings is 3. The van der Waals surface area contributed by atoms with Crippen LogP contribution in [0, 0.1) is 0 Å². The maximum atomic E-state index is 12.4. The lowest BCUT2D eigenvalue weighted by Crippen LogP contribution is -2.29. The maximum Gasteiger partial charge on any atom is 0.251 e. The summed E-state index contributed by atoms with van der Waals surface area (Å²) in [7, 11) is -3.59. The third-order valence-electron chi connectivity index (χ3n) is 4.71. The van der Waals surface area contributed by atoms with Crippen molar-refractivity contribution >= 4 is 44.8 Å². The minimum Gasteiger partial charge on any atom is -0.352 e. The van der Waals surface area contributed by atoms with Crippen molar-refractivity contribution in [3.8, 4) is 0 Å². The lowest BCUT2D eigenvalue weighted by atomic mass is 10.1. The molecule has 5 nitrogen and oxygen atoms in total. The second-order valence-electron chi connectivity index (χ2n) is 7.02. The van der Waals surface area contributed by atoms with E-state index in [-0.39, 0.29) is 12.5 Å². The van der Waals surface area contributed by atoms with Crippen molar-refractivity contribution in [1.82, 2.24) is 5.32 Å². The van der Waals surface area contributed by atoms with Gasteiger partial charge in [-0.25, -0.2) is 8.42 Å². The van der Waals surface area contributed by atoms with Crippen LogP contribution >= 0.6 is 23.2 Å². The van der Waals surface area contributed by atoms with E-state index in [1.54, 1.807) is 42.5 Å². The van der Waals surface area contributed by atoms with Gasteiger partial charge in [-0.2, -0.15) is 0 Å². The van der Waals surface area contributed by atoms with Crippen molar-refractivity contribution in [2.45, 2.75) is 13.0 Å². The highest BCUT2D eigenvalue weighted by Gasteiger charge is 2.20. The Hall–Kier alpha value is -2.54. The van der Waals surface area contributed by atoms with E-state index in [0.717, 1.165) is 18.2 Å². The summed E-state index contributed by atoms with van der Waals surface area (Å²) in [5.74, 6) is -0.216. The van der Waals surface area contributed by atoms with Crippen LogP contribution in [0.15, 0.2) is 72.8 Å². The van der Waals surface area contributed by atoms with Crippen molar-refractivity contribution in [2.24, 2.45) is 0 Å². The molecule has 0 heterocycles. The molecule has 0 fully saturated rings. The smallest absolute Gasteiger partial charge is 0.251 e. The molecule has 0 aliphatic heterocycles. The zero-order chi connectivity index (χ0) is 22.4. The number of sulfonamides is 1. The van der Waals surface area contributed by atoms with Crippen molar-refractivity contribution < 1.29 is 13.2 Å². The van der Waals surface area contributed by atoms with Crippen LogP contribution in [0.3, 0.4) is 0 Å². The predicted molar refractivity (Wildman–Crippen MR) is 126 cm³/mol. The second kappa shape index (κ2) is 10.2. The van der Waals surface area contributed by atoms with E-state index in [1.807, 2.05) is 30.3 Å². The van der Waals surface area contributed by atoms with Crippen molar-refractivity contribution in [3.63, 3.8) is 0 Å². The first-order valence-electron chi connectivity index (χ1n) is 9.58. The van der Waals surface area contributed by atoms with Gasteiger partial charge in [0.2, 0.25) is 10.0 Å². The molecule has 0 saturated carbocycles. The highest BCUT2D eigenvalue weighted by atomic mass is 35.5. The zero-order valence-corrected chi connectivity index (χ0v) is 19.2. The summed E-state index contributed by atoms with van der Waals surface area (Å²) in [5, 5.41) is 3.55. The molecule has 1 amide bonds. The van der Waals surface area contributed by atoms with Gasteiger partial charge in [-0.3, -0.25) is 9.10 Å². The molecule has 3 rings (SSSR count). The standard InChI is InChI=1S/C23H22Cl2N2O3S/c1-31(29,30)27(16-19-8-5-9-21(24)22(19)25)20-12-10-18(11-13-20)23(28)26-15-14-17-6-3-2-4-7-17/h2-13H,14-16H2,1H3,(H,26,28). The van der Waals surface area contributed by atoms with Crippen molar-refractivity contribution in [1.29, 1.82) is 0 Å². The Morgan fingerprint density at radius 2 is 1.61 bits per heavy atom. The Kier molecular flexibility index (Phi) is 7.59. The van der Waals surface area contributed by atoms with Crippen LogP contribution in [0.5, 0.6) is 0 Å². The van der Waals surface area contributed by atoms with Crippen LogP contribution < -0.4 is 9.62 Å². The van der Waals surface area contributed by atoms with E-state index >= 15 is 0 Å². The van der Waals surface area contributed by atoms with E-state index < -0.39 is 10.0 Å². The number of anilines is 1. The SMILES string of the molecule is CS(=O)(=O)N(Cc1cccc(Cl)c1Cl)c1ccc(C(=O)NCCc2ccccc2)cc1. The minimum atomic E-state index is -3.59. The third-order valence-corrected chi connectivity index (χ3v) is 6.70. The molecule has 3 aromatic rings. The van der Waals surface area contributed by atoms with Crippen LogP contribution in [0.2, 0.25) is 10.0 Å². The fraction of sp³-hybridized carbons (Fsp3) is 0.174. The van der Waals surface area contributed by atoms with Gasteiger partial charge in [0, 0.05) is 12.1 Å². The summed E-state index contributed by atoms with van der Waals surface area (Å²) in [4.78, 5) is 12.4. The van der Waals surface area contributed by atoms with Crippen LogP contribution in [0.1, 0.15) is 21.5 Å². The highest BCUT2D eigenvalue weighted by molar-refractivity contribution is 7.92. The van der Waals surface area contributed by atoms with Gasteiger partial charge in [-0.05, 0) is 47.9 Å². The van der Waals surface area contributed by atoms with Crippen LogP contribution in [-0.4, -0.2) is 27.1 Å². The molecule has 0 saturated heterocycles. The first kappa shape index (κ1) is 23.1. The van der Waals surface area contributed by atoms with E-state index in [2.05, 4.69) is 5.32 Å². The lowest BCUT2D eigenvalue weighted by Gasteiger charge is -2.23. The molecule has 0 aliphatic carbocycles. The fourth-order valence-electron chi connectivity index (χ4n) is 3.07. The Bertz CT molecular complexity index is 1150. The Labute approximate surface area is 192 Å². The van der Waals surface area contributed by atoms with E-state index in [1.165, 1.54) is 4.31 Å². The zero-order valence-electron chi connectivity index (χ0n) is 16.9. The van der Waals surface area contributed by atoms with Gasteiger partial charge in [0.05, 0.1) is 28.5 Å².